The zero-order chi connectivity index (χ0) is 18.5. The summed E-state index contributed by atoms with van der Waals surface area (Å²) in [7, 11) is 0. The van der Waals surface area contributed by atoms with Crippen molar-refractivity contribution in [3.8, 4) is 0 Å². The molecule has 1 aromatic carbocycles. The molecule has 0 bridgehead atoms. The Hall–Kier alpha value is -2.66. The minimum absolute atomic E-state index is 0.0498. The van der Waals surface area contributed by atoms with Crippen molar-refractivity contribution < 1.29 is 14.3 Å². The molecule has 5 heteroatoms. The van der Waals surface area contributed by atoms with Gasteiger partial charge < -0.3 is 14.8 Å². The van der Waals surface area contributed by atoms with E-state index >= 15 is 0 Å². The molecule has 0 saturated carbocycles. The van der Waals surface area contributed by atoms with Gasteiger partial charge in [-0.2, -0.15) is 0 Å². The molecule has 0 fully saturated rings. The highest BCUT2D eigenvalue weighted by atomic mass is 16.4. The Kier molecular flexibility index (Phi) is 3.84. The monoisotopic (exact) mass is 350 g/mol. The third kappa shape index (κ3) is 2.78. The zero-order valence-electron chi connectivity index (χ0n) is 15.2. The molecule has 2 N–H and O–H groups in total. The van der Waals surface area contributed by atoms with Crippen LogP contribution in [0, 0.1) is 12.3 Å². The Morgan fingerprint density at radius 2 is 2.12 bits per heavy atom. The number of rotatable bonds is 2. The van der Waals surface area contributed by atoms with E-state index in [2.05, 4.69) is 24.1 Å². The maximum absolute atomic E-state index is 12.9. The summed E-state index contributed by atoms with van der Waals surface area (Å²) in [6, 6.07) is 9.37. The number of amides is 1. The van der Waals surface area contributed by atoms with E-state index in [9.17, 15) is 9.90 Å². The summed E-state index contributed by atoms with van der Waals surface area (Å²) in [5.74, 6) is 0.682. The quantitative estimate of drug-likeness (QED) is 0.718. The Labute approximate surface area is 152 Å². The van der Waals surface area contributed by atoms with Gasteiger partial charge in [-0.05, 0) is 43.0 Å². The molecule has 2 aromatic heterocycles. The number of benzene rings is 1. The lowest BCUT2D eigenvalue weighted by molar-refractivity contribution is 0.0910. The van der Waals surface area contributed by atoms with Gasteiger partial charge in [0.1, 0.15) is 5.76 Å². The fraction of sp³-hybridized carbons (Fsp3) is 0.333. The molecule has 1 aliphatic carbocycles. The molecule has 1 unspecified atom stereocenters. The van der Waals surface area contributed by atoms with Crippen LogP contribution in [0.3, 0.4) is 0 Å². The normalized spacial score (nSPS) is 18.5. The van der Waals surface area contributed by atoms with Crippen molar-refractivity contribution in [2.24, 2.45) is 5.41 Å². The molecular weight excluding hydrogens is 328 g/mol. The van der Waals surface area contributed by atoms with E-state index in [4.69, 9.17) is 4.42 Å². The fourth-order valence-electron chi connectivity index (χ4n) is 3.89. The number of carbonyl (C=O) groups excluding carboxylic acids is 1. The molecule has 0 radical (unpaired) electrons. The molecule has 0 aliphatic heterocycles. The van der Waals surface area contributed by atoms with Crippen molar-refractivity contribution in [1.82, 2.24) is 4.98 Å². The molecular formula is C21H22N2O3. The van der Waals surface area contributed by atoms with Crippen molar-refractivity contribution >= 4 is 22.5 Å². The largest absolute Gasteiger partial charge is 0.455 e. The van der Waals surface area contributed by atoms with Gasteiger partial charge in [-0.15, -0.1) is 0 Å². The molecule has 1 atom stereocenters. The molecule has 1 aliphatic rings. The predicted octanol–water partition coefficient (Wildman–Crippen LogP) is 4.39. The Morgan fingerprint density at radius 1 is 1.31 bits per heavy atom. The minimum Gasteiger partial charge on any atom is -0.455 e. The second kappa shape index (κ2) is 5.95. The topological polar surface area (TPSA) is 75.4 Å². The van der Waals surface area contributed by atoms with E-state index in [1.54, 1.807) is 6.20 Å². The van der Waals surface area contributed by atoms with Gasteiger partial charge in [0.2, 0.25) is 0 Å². The molecule has 1 amide bonds. The average Bonchev–Trinajstić information content (AvgIpc) is 2.90. The van der Waals surface area contributed by atoms with E-state index < -0.39 is 6.10 Å². The van der Waals surface area contributed by atoms with E-state index in [-0.39, 0.29) is 17.1 Å². The number of nitrogens with zero attached hydrogens (tertiary/aromatic N) is 1. The van der Waals surface area contributed by atoms with E-state index in [0.29, 0.717) is 18.5 Å². The highest BCUT2D eigenvalue weighted by Crippen LogP contribution is 2.44. The lowest BCUT2D eigenvalue weighted by Crippen LogP contribution is -2.24. The number of pyridine rings is 1. The molecule has 0 spiro atoms. The van der Waals surface area contributed by atoms with E-state index in [1.165, 1.54) is 0 Å². The van der Waals surface area contributed by atoms with Crippen LogP contribution in [0.4, 0.5) is 5.69 Å². The molecule has 134 valence electrons. The number of hydrogen-bond acceptors (Lipinski definition) is 4. The van der Waals surface area contributed by atoms with E-state index in [1.807, 2.05) is 37.3 Å². The number of nitrogens with one attached hydrogen (secondary N) is 1. The van der Waals surface area contributed by atoms with Gasteiger partial charge in [0, 0.05) is 29.1 Å². The Balaban J connectivity index is 1.69. The first-order valence-electron chi connectivity index (χ1n) is 8.81. The van der Waals surface area contributed by atoms with Gasteiger partial charge in [-0.1, -0.05) is 19.9 Å². The maximum Gasteiger partial charge on any atom is 0.291 e. The number of furan rings is 1. The number of fused-ring (bicyclic) bond motifs is 2. The lowest BCUT2D eigenvalue weighted by Gasteiger charge is -2.31. The minimum atomic E-state index is -0.596. The average molecular weight is 350 g/mol. The fourth-order valence-corrected chi connectivity index (χ4v) is 3.89. The zero-order valence-corrected chi connectivity index (χ0v) is 15.2. The molecule has 4 rings (SSSR count). The summed E-state index contributed by atoms with van der Waals surface area (Å²) in [6.45, 7) is 6.03. The number of hydrogen-bond donors (Lipinski definition) is 2. The van der Waals surface area contributed by atoms with Crippen molar-refractivity contribution in [3.05, 3.63) is 59.2 Å². The van der Waals surface area contributed by atoms with Gasteiger partial charge >= 0.3 is 0 Å². The summed E-state index contributed by atoms with van der Waals surface area (Å²) >= 11 is 0. The molecule has 5 nitrogen and oxygen atoms in total. The number of carbonyl (C=O) groups is 1. The standard InChI is InChI=1S/C21H22N2O3/c1-12-18-16(24)10-21(2,3)11-17(18)26-19(12)20(25)23-15-8-4-7-14-13(15)6-5-9-22-14/h4-9,16,24H,10-11H2,1-3H3,(H,23,25). The smallest absolute Gasteiger partial charge is 0.291 e. The highest BCUT2D eigenvalue weighted by Gasteiger charge is 2.37. The number of anilines is 1. The first-order chi connectivity index (χ1) is 12.4. The van der Waals surface area contributed by atoms with Crippen LogP contribution in [0.25, 0.3) is 10.9 Å². The molecule has 2 heterocycles. The molecule has 3 aromatic rings. The van der Waals surface area contributed by atoms with Crippen molar-refractivity contribution in [2.45, 2.75) is 39.7 Å². The summed E-state index contributed by atoms with van der Waals surface area (Å²) in [6.07, 6.45) is 2.50. The maximum atomic E-state index is 12.9. The Morgan fingerprint density at radius 3 is 2.92 bits per heavy atom. The van der Waals surface area contributed by atoms with Crippen LogP contribution < -0.4 is 5.32 Å². The van der Waals surface area contributed by atoms with Crippen molar-refractivity contribution in [3.63, 3.8) is 0 Å². The third-order valence-electron chi connectivity index (χ3n) is 5.09. The SMILES string of the molecule is Cc1c(C(=O)Nc2cccc3ncccc23)oc2c1C(O)CC(C)(C)C2. The van der Waals surface area contributed by atoms with Gasteiger partial charge in [0.15, 0.2) is 5.76 Å². The van der Waals surface area contributed by atoms with Crippen LogP contribution in [0.5, 0.6) is 0 Å². The van der Waals surface area contributed by atoms with Crippen LogP contribution in [-0.2, 0) is 6.42 Å². The number of aromatic nitrogens is 1. The predicted molar refractivity (Wildman–Crippen MR) is 100 cm³/mol. The molecule has 0 saturated heterocycles. The van der Waals surface area contributed by atoms with Crippen LogP contribution >= 0.6 is 0 Å². The van der Waals surface area contributed by atoms with Crippen molar-refractivity contribution in [1.29, 1.82) is 0 Å². The van der Waals surface area contributed by atoms with Gasteiger partial charge in [0.25, 0.3) is 5.91 Å². The third-order valence-corrected chi connectivity index (χ3v) is 5.09. The summed E-state index contributed by atoms with van der Waals surface area (Å²) in [5.41, 5.74) is 2.95. The second-order valence-electron chi connectivity index (χ2n) is 7.78. The highest BCUT2D eigenvalue weighted by molar-refractivity contribution is 6.08. The van der Waals surface area contributed by atoms with E-state index in [0.717, 1.165) is 27.8 Å². The first-order valence-corrected chi connectivity index (χ1v) is 8.81. The van der Waals surface area contributed by atoms with Crippen molar-refractivity contribution in [2.75, 3.05) is 5.32 Å². The van der Waals surface area contributed by atoms with Gasteiger partial charge in [-0.3, -0.25) is 9.78 Å². The van der Waals surface area contributed by atoms with Crippen LogP contribution in [0.2, 0.25) is 0 Å². The Bertz CT molecular complexity index is 998. The van der Waals surface area contributed by atoms with Crippen LogP contribution in [0.1, 0.15) is 53.8 Å². The number of aliphatic hydroxyl groups excluding tert-OH is 1. The lowest BCUT2D eigenvalue weighted by atomic mass is 9.75. The number of aliphatic hydroxyl groups is 1. The van der Waals surface area contributed by atoms with Gasteiger partial charge in [-0.25, -0.2) is 0 Å². The van der Waals surface area contributed by atoms with Gasteiger partial charge in [0.05, 0.1) is 17.3 Å². The first kappa shape index (κ1) is 16.8. The summed E-state index contributed by atoms with van der Waals surface area (Å²) in [5, 5.41) is 14.3. The van der Waals surface area contributed by atoms with Crippen LogP contribution in [0.15, 0.2) is 40.9 Å². The van der Waals surface area contributed by atoms with Crippen LogP contribution in [-0.4, -0.2) is 16.0 Å². The summed E-state index contributed by atoms with van der Waals surface area (Å²) < 4.78 is 5.90. The second-order valence-corrected chi connectivity index (χ2v) is 7.78. The summed E-state index contributed by atoms with van der Waals surface area (Å²) in [4.78, 5) is 17.2. The molecule has 26 heavy (non-hydrogen) atoms.